The van der Waals surface area contributed by atoms with Gasteiger partial charge in [-0.3, -0.25) is 0 Å². The number of hydrogen-bond donors (Lipinski definition) is 0. The molecule has 5 atom stereocenters. The van der Waals surface area contributed by atoms with Gasteiger partial charge in [0.1, 0.15) is 6.29 Å². The Balaban J connectivity index is 2.11. The number of ether oxygens (including phenoxy) is 1. The van der Waals surface area contributed by atoms with Gasteiger partial charge in [0.15, 0.2) is 0 Å². The summed E-state index contributed by atoms with van der Waals surface area (Å²) in [6.07, 6.45) is 6.62. The molecule has 0 aromatic carbocycles. The minimum atomic E-state index is -0.311. The summed E-state index contributed by atoms with van der Waals surface area (Å²) >= 11 is 0. The first kappa shape index (κ1) is 12.6. The van der Waals surface area contributed by atoms with E-state index in [1.807, 2.05) is 0 Å². The molecule has 0 aromatic rings. The number of methoxy groups -OCH3 is 1. The molecule has 3 nitrogen and oxygen atoms in total. The van der Waals surface area contributed by atoms with Crippen molar-refractivity contribution in [3.63, 3.8) is 0 Å². The van der Waals surface area contributed by atoms with E-state index in [4.69, 9.17) is 4.74 Å². The third-order valence-electron chi connectivity index (χ3n) is 5.11. The Hall–Kier alpha value is -1.38. The Morgan fingerprint density at radius 3 is 2.63 bits per heavy atom. The van der Waals surface area contributed by atoms with Gasteiger partial charge in [-0.15, -0.1) is 0 Å². The normalized spacial score (nSPS) is 39.1. The van der Waals surface area contributed by atoms with E-state index in [0.29, 0.717) is 35.2 Å². The third kappa shape index (κ3) is 1.57. The molecule has 0 aromatic heterocycles. The summed E-state index contributed by atoms with van der Waals surface area (Å²) in [5.41, 5.74) is 1.83. The van der Waals surface area contributed by atoms with E-state index >= 15 is 0 Å². The van der Waals surface area contributed by atoms with Crippen molar-refractivity contribution in [2.24, 2.45) is 35.5 Å². The Bertz CT molecular complexity index is 486. The number of aldehydes is 1. The average molecular weight is 260 g/mol. The minimum absolute atomic E-state index is 0.269. The SMILES string of the molecule is COC(=O)C1=C(C(C)C)[C@H]2[C@H]([C@H]3C=C[C@@H]2C3)[C@H]1C=O. The van der Waals surface area contributed by atoms with Crippen molar-refractivity contribution in [1.29, 1.82) is 0 Å². The van der Waals surface area contributed by atoms with Crippen molar-refractivity contribution >= 4 is 12.3 Å². The lowest BCUT2D eigenvalue weighted by Crippen LogP contribution is -2.25. The highest BCUT2D eigenvalue weighted by Crippen LogP contribution is 2.60. The van der Waals surface area contributed by atoms with Crippen molar-refractivity contribution in [3.05, 3.63) is 23.3 Å². The quantitative estimate of drug-likeness (QED) is 0.444. The van der Waals surface area contributed by atoms with E-state index < -0.39 is 0 Å². The number of hydrogen-bond acceptors (Lipinski definition) is 3. The molecule has 3 aliphatic rings. The van der Waals surface area contributed by atoms with Crippen LogP contribution < -0.4 is 0 Å². The molecule has 0 spiro atoms. The summed E-state index contributed by atoms with van der Waals surface area (Å²) in [6, 6.07) is 0. The predicted octanol–water partition coefficient (Wildman–Crippen LogP) is 2.38. The standard InChI is InChI=1S/C16H20O3/c1-8(2)12-14-10-5-4-9(6-10)13(14)11(7-17)15(12)16(18)19-3/h4-5,7-11,13-14H,6H2,1-3H3/t9-,10+,11+,13+,14-/m0/s1. The van der Waals surface area contributed by atoms with Gasteiger partial charge in [-0.25, -0.2) is 4.79 Å². The maximum absolute atomic E-state index is 12.1. The molecular formula is C16H20O3. The van der Waals surface area contributed by atoms with Crippen LogP contribution in [0.15, 0.2) is 23.3 Å². The summed E-state index contributed by atoms with van der Waals surface area (Å²) in [7, 11) is 1.40. The second-order valence-electron chi connectivity index (χ2n) is 6.23. The van der Waals surface area contributed by atoms with Crippen molar-refractivity contribution in [3.8, 4) is 0 Å². The highest BCUT2D eigenvalue weighted by molar-refractivity contribution is 5.95. The summed E-state index contributed by atoms with van der Waals surface area (Å²) in [5.74, 6) is 1.35. The minimum Gasteiger partial charge on any atom is -0.466 e. The number of carbonyl (C=O) groups is 2. The molecule has 0 saturated heterocycles. The van der Waals surface area contributed by atoms with Gasteiger partial charge >= 0.3 is 5.97 Å². The fraction of sp³-hybridized carbons (Fsp3) is 0.625. The van der Waals surface area contributed by atoms with E-state index in [2.05, 4.69) is 26.0 Å². The first-order chi connectivity index (χ1) is 9.10. The first-order valence-electron chi connectivity index (χ1n) is 7.06. The number of carbonyl (C=O) groups excluding carboxylic acids is 2. The summed E-state index contributed by atoms with van der Waals surface area (Å²) < 4.78 is 4.93. The van der Waals surface area contributed by atoms with E-state index in [1.165, 1.54) is 12.7 Å². The maximum atomic E-state index is 12.1. The third-order valence-corrected chi connectivity index (χ3v) is 5.11. The van der Waals surface area contributed by atoms with Crippen LogP contribution in [0.3, 0.4) is 0 Å². The average Bonchev–Trinajstić information content (AvgIpc) is 3.06. The zero-order chi connectivity index (χ0) is 13.7. The molecular weight excluding hydrogens is 240 g/mol. The fourth-order valence-electron chi connectivity index (χ4n) is 4.57. The molecule has 1 fully saturated rings. The van der Waals surface area contributed by atoms with Gasteiger partial charge in [-0.1, -0.05) is 31.6 Å². The van der Waals surface area contributed by atoms with Crippen LogP contribution in [0.4, 0.5) is 0 Å². The van der Waals surface area contributed by atoms with E-state index in [0.717, 1.165) is 12.7 Å². The predicted molar refractivity (Wildman–Crippen MR) is 71.2 cm³/mol. The van der Waals surface area contributed by atoms with Gasteiger partial charge in [0.05, 0.1) is 13.0 Å². The zero-order valence-corrected chi connectivity index (χ0v) is 11.6. The number of esters is 1. The van der Waals surface area contributed by atoms with Gasteiger partial charge in [0.2, 0.25) is 0 Å². The van der Waals surface area contributed by atoms with Crippen molar-refractivity contribution in [1.82, 2.24) is 0 Å². The largest absolute Gasteiger partial charge is 0.466 e. The molecule has 0 unspecified atom stereocenters. The van der Waals surface area contributed by atoms with Gasteiger partial charge < -0.3 is 9.53 Å². The zero-order valence-electron chi connectivity index (χ0n) is 11.6. The molecule has 2 bridgehead atoms. The Morgan fingerprint density at radius 2 is 2.05 bits per heavy atom. The molecule has 102 valence electrons. The maximum Gasteiger partial charge on any atom is 0.334 e. The second-order valence-corrected chi connectivity index (χ2v) is 6.23. The van der Waals surface area contributed by atoms with Gasteiger partial charge in [-0.05, 0) is 36.0 Å². The van der Waals surface area contributed by atoms with Gasteiger partial charge in [0, 0.05) is 5.57 Å². The van der Waals surface area contributed by atoms with Crippen molar-refractivity contribution in [2.75, 3.05) is 7.11 Å². The van der Waals surface area contributed by atoms with E-state index in [1.54, 1.807) is 0 Å². The number of allylic oxidation sites excluding steroid dienone is 3. The van der Waals surface area contributed by atoms with Gasteiger partial charge in [0.25, 0.3) is 0 Å². The molecule has 1 saturated carbocycles. The van der Waals surface area contributed by atoms with Crippen LogP contribution >= 0.6 is 0 Å². The van der Waals surface area contributed by atoms with Crippen LogP contribution in [0.25, 0.3) is 0 Å². The molecule has 3 rings (SSSR count). The molecule has 0 aliphatic heterocycles. The monoisotopic (exact) mass is 260 g/mol. The van der Waals surface area contributed by atoms with Crippen LogP contribution in [-0.2, 0) is 14.3 Å². The highest BCUT2D eigenvalue weighted by atomic mass is 16.5. The Labute approximate surface area is 113 Å². The van der Waals surface area contributed by atoms with Crippen molar-refractivity contribution < 1.29 is 14.3 Å². The molecule has 19 heavy (non-hydrogen) atoms. The Morgan fingerprint density at radius 1 is 1.37 bits per heavy atom. The van der Waals surface area contributed by atoms with E-state index in [-0.39, 0.29) is 11.9 Å². The molecule has 0 heterocycles. The fourth-order valence-corrected chi connectivity index (χ4v) is 4.57. The summed E-state index contributed by atoms with van der Waals surface area (Å²) in [6.45, 7) is 4.22. The summed E-state index contributed by atoms with van der Waals surface area (Å²) in [5, 5.41) is 0. The van der Waals surface area contributed by atoms with Crippen LogP contribution in [0.2, 0.25) is 0 Å². The molecule has 3 heteroatoms. The van der Waals surface area contributed by atoms with Crippen LogP contribution in [0.1, 0.15) is 20.3 Å². The molecule has 0 N–H and O–H groups in total. The lowest BCUT2D eigenvalue weighted by molar-refractivity contribution is -0.137. The molecule has 3 aliphatic carbocycles. The molecule has 0 amide bonds. The van der Waals surface area contributed by atoms with Gasteiger partial charge in [-0.2, -0.15) is 0 Å². The first-order valence-corrected chi connectivity index (χ1v) is 7.06. The smallest absolute Gasteiger partial charge is 0.334 e. The summed E-state index contributed by atoms with van der Waals surface area (Å²) in [4.78, 5) is 23.7. The second kappa shape index (κ2) is 4.32. The van der Waals surface area contributed by atoms with Crippen LogP contribution in [-0.4, -0.2) is 19.4 Å². The number of rotatable bonds is 3. The lowest BCUT2D eigenvalue weighted by atomic mass is 9.77. The lowest BCUT2D eigenvalue weighted by Gasteiger charge is -2.26. The topological polar surface area (TPSA) is 43.4 Å². The van der Waals surface area contributed by atoms with E-state index in [9.17, 15) is 9.59 Å². The van der Waals surface area contributed by atoms with Crippen LogP contribution in [0, 0.1) is 35.5 Å². The Kier molecular flexibility index (Phi) is 2.88. The molecule has 0 radical (unpaired) electrons. The van der Waals surface area contributed by atoms with Crippen molar-refractivity contribution in [2.45, 2.75) is 20.3 Å². The highest BCUT2D eigenvalue weighted by Gasteiger charge is 2.56. The van der Waals surface area contributed by atoms with Crippen LogP contribution in [0.5, 0.6) is 0 Å². The number of fused-ring (bicyclic) bond motifs is 5.